The number of aromatic nitrogens is 3. The molecule has 0 aliphatic carbocycles. The second kappa shape index (κ2) is 7.36. The van der Waals surface area contributed by atoms with E-state index in [1.54, 1.807) is 18.2 Å². The van der Waals surface area contributed by atoms with Crippen LogP contribution in [0.5, 0.6) is 0 Å². The third kappa shape index (κ3) is 3.63. The predicted octanol–water partition coefficient (Wildman–Crippen LogP) is 2.82. The fourth-order valence-corrected chi connectivity index (χ4v) is 3.94. The topological polar surface area (TPSA) is 87.2 Å². The molecule has 0 amide bonds. The lowest BCUT2D eigenvalue weighted by Gasteiger charge is -2.11. The fourth-order valence-electron chi connectivity index (χ4n) is 2.81. The van der Waals surface area contributed by atoms with Gasteiger partial charge < -0.3 is 9.26 Å². The van der Waals surface area contributed by atoms with E-state index in [0.717, 1.165) is 0 Å². The lowest BCUT2D eigenvalue weighted by Crippen LogP contribution is -2.25. The molecule has 0 radical (unpaired) electrons. The fraction of sp³-hybridized carbons (Fsp3) is 0.222. The number of carbonyl (C=O) groups is 1. The van der Waals surface area contributed by atoms with Crippen LogP contribution in [0.1, 0.15) is 18.2 Å². The maximum absolute atomic E-state index is 13.8. The normalized spacial score (nSPS) is 15.5. The SMILES string of the molecule is O=C(C[C@@H]1CSc2nccc(=O)n21)OCc1cc(-c2ccccc2F)on1. The Balaban J connectivity index is 1.37. The van der Waals surface area contributed by atoms with Crippen molar-refractivity contribution in [2.45, 2.75) is 24.2 Å². The summed E-state index contributed by atoms with van der Waals surface area (Å²) >= 11 is 1.43. The standard InChI is InChI=1S/C18H14FN3O4S/c19-14-4-2-1-3-13(14)15-7-11(21-26-15)9-25-17(24)8-12-10-27-18-20-6-5-16(23)22(12)18/h1-7,12H,8-10H2/t12-/m1/s1. The Kier molecular flexibility index (Phi) is 4.76. The number of rotatable bonds is 5. The Morgan fingerprint density at radius 1 is 1.37 bits per heavy atom. The van der Waals surface area contributed by atoms with Crippen LogP contribution in [-0.4, -0.2) is 26.4 Å². The van der Waals surface area contributed by atoms with Crippen LogP contribution in [0, 0.1) is 5.82 Å². The van der Waals surface area contributed by atoms with Gasteiger partial charge in [0.25, 0.3) is 5.56 Å². The van der Waals surface area contributed by atoms with Crippen LogP contribution < -0.4 is 5.56 Å². The molecular weight excluding hydrogens is 373 g/mol. The average molecular weight is 387 g/mol. The zero-order valence-electron chi connectivity index (χ0n) is 14.0. The second-order valence-corrected chi connectivity index (χ2v) is 6.91. The Labute approximate surface area is 157 Å². The van der Waals surface area contributed by atoms with E-state index in [1.807, 2.05) is 0 Å². The van der Waals surface area contributed by atoms with E-state index in [9.17, 15) is 14.0 Å². The number of benzene rings is 1. The number of ether oxygens (including phenoxy) is 1. The van der Waals surface area contributed by atoms with Gasteiger partial charge in [-0.1, -0.05) is 29.1 Å². The first-order chi connectivity index (χ1) is 13.1. The van der Waals surface area contributed by atoms with Crippen LogP contribution in [0.4, 0.5) is 4.39 Å². The number of hydrogen-bond donors (Lipinski definition) is 0. The second-order valence-electron chi connectivity index (χ2n) is 5.93. The third-order valence-electron chi connectivity index (χ3n) is 4.10. The molecule has 1 aliphatic rings. The molecule has 0 fully saturated rings. The van der Waals surface area contributed by atoms with Crippen molar-refractivity contribution in [2.75, 3.05) is 5.75 Å². The quantitative estimate of drug-likeness (QED) is 0.491. The predicted molar refractivity (Wildman–Crippen MR) is 94.6 cm³/mol. The van der Waals surface area contributed by atoms with Crippen molar-refractivity contribution in [1.82, 2.24) is 14.7 Å². The lowest BCUT2D eigenvalue weighted by molar-refractivity contribution is -0.145. The summed E-state index contributed by atoms with van der Waals surface area (Å²) < 4.78 is 25.6. The highest BCUT2D eigenvalue weighted by Gasteiger charge is 2.27. The molecule has 0 bridgehead atoms. The summed E-state index contributed by atoms with van der Waals surface area (Å²) in [6.45, 7) is -0.0918. The van der Waals surface area contributed by atoms with Gasteiger partial charge in [0.1, 0.15) is 18.1 Å². The first kappa shape index (κ1) is 17.5. The van der Waals surface area contributed by atoms with Gasteiger partial charge in [0.05, 0.1) is 18.0 Å². The summed E-state index contributed by atoms with van der Waals surface area (Å²) in [4.78, 5) is 28.2. The number of hydrogen-bond acceptors (Lipinski definition) is 7. The molecule has 0 saturated heterocycles. The maximum Gasteiger partial charge on any atom is 0.308 e. The van der Waals surface area contributed by atoms with Crippen molar-refractivity contribution in [3.05, 3.63) is 64.5 Å². The number of nitrogens with zero attached hydrogens (tertiary/aromatic N) is 3. The van der Waals surface area contributed by atoms with Gasteiger partial charge in [-0.05, 0) is 12.1 Å². The molecular formula is C18H14FN3O4S. The zero-order valence-corrected chi connectivity index (χ0v) is 14.8. The molecule has 4 rings (SSSR count). The number of fused-ring (bicyclic) bond motifs is 1. The summed E-state index contributed by atoms with van der Waals surface area (Å²) in [5.41, 5.74) is 0.476. The molecule has 1 aromatic carbocycles. The van der Waals surface area contributed by atoms with Crippen molar-refractivity contribution in [3.8, 4) is 11.3 Å². The molecule has 27 heavy (non-hydrogen) atoms. The number of esters is 1. The minimum atomic E-state index is -0.459. The molecule has 3 heterocycles. The smallest absolute Gasteiger partial charge is 0.308 e. The van der Waals surface area contributed by atoms with Crippen LogP contribution in [0.15, 0.2) is 57.1 Å². The van der Waals surface area contributed by atoms with Crippen molar-refractivity contribution in [1.29, 1.82) is 0 Å². The van der Waals surface area contributed by atoms with E-state index in [1.165, 1.54) is 40.7 Å². The Bertz CT molecular complexity index is 1050. The van der Waals surface area contributed by atoms with E-state index in [0.29, 0.717) is 16.6 Å². The highest BCUT2D eigenvalue weighted by Crippen LogP contribution is 2.31. The molecule has 0 saturated carbocycles. The van der Waals surface area contributed by atoms with Crippen molar-refractivity contribution >= 4 is 17.7 Å². The molecule has 0 N–H and O–H groups in total. The molecule has 0 unspecified atom stereocenters. The molecule has 3 aromatic rings. The molecule has 2 aromatic heterocycles. The van der Waals surface area contributed by atoms with Gasteiger partial charge in [-0.2, -0.15) is 0 Å². The maximum atomic E-state index is 13.8. The molecule has 1 aliphatic heterocycles. The van der Waals surface area contributed by atoms with Gasteiger partial charge in [0.2, 0.25) is 0 Å². The van der Waals surface area contributed by atoms with Crippen LogP contribution in [-0.2, 0) is 16.1 Å². The van der Waals surface area contributed by atoms with E-state index in [2.05, 4.69) is 10.1 Å². The zero-order chi connectivity index (χ0) is 18.8. The van der Waals surface area contributed by atoms with Gasteiger partial charge in [0.15, 0.2) is 10.9 Å². The van der Waals surface area contributed by atoms with Gasteiger partial charge in [-0.15, -0.1) is 0 Å². The van der Waals surface area contributed by atoms with Gasteiger partial charge >= 0.3 is 5.97 Å². The van der Waals surface area contributed by atoms with Crippen LogP contribution in [0.3, 0.4) is 0 Å². The van der Waals surface area contributed by atoms with Crippen molar-refractivity contribution < 1.29 is 18.4 Å². The van der Waals surface area contributed by atoms with Crippen LogP contribution in [0.2, 0.25) is 0 Å². The van der Waals surface area contributed by atoms with Gasteiger partial charge in [-0.3, -0.25) is 14.2 Å². The number of halogens is 1. The summed E-state index contributed by atoms with van der Waals surface area (Å²) in [7, 11) is 0. The molecule has 0 spiro atoms. The van der Waals surface area contributed by atoms with Crippen LogP contribution in [0.25, 0.3) is 11.3 Å². The molecule has 138 valence electrons. The number of carbonyl (C=O) groups excluding carboxylic acids is 1. The van der Waals surface area contributed by atoms with Gasteiger partial charge in [0, 0.05) is 24.1 Å². The average Bonchev–Trinajstić information content (AvgIpc) is 3.29. The Morgan fingerprint density at radius 3 is 3.07 bits per heavy atom. The largest absolute Gasteiger partial charge is 0.459 e. The molecule has 1 atom stereocenters. The van der Waals surface area contributed by atoms with E-state index in [-0.39, 0.29) is 36.0 Å². The highest BCUT2D eigenvalue weighted by atomic mass is 32.2. The summed E-state index contributed by atoms with van der Waals surface area (Å²) in [5.74, 6) is -0.0332. The highest BCUT2D eigenvalue weighted by molar-refractivity contribution is 7.99. The molecule has 7 nitrogen and oxygen atoms in total. The van der Waals surface area contributed by atoms with Crippen LogP contribution >= 0.6 is 11.8 Å². The van der Waals surface area contributed by atoms with E-state index >= 15 is 0 Å². The Morgan fingerprint density at radius 2 is 2.22 bits per heavy atom. The van der Waals surface area contributed by atoms with Crippen molar-refractivity contribution in [3.63, 3.8) is 0 Å². The summed E-state index contributed by atoms with van der Waals surface area (Å²) in [5, 5.41) is 4.40. The van der Waals surface area contributed by atoms with Gasteiger partial charge in [-0.25, -0.2) is 9.37 Å². The monoisotopic (exact) mass is 387 g/mol. The summed E-state index contributed by atoms with van der Waals surface area (Å²) in [6.07, 6.45) is 1.52. The summed E-state index contributed by atoms with van der Waals surface area (Å²) in [6, 6.07) is 8.78. The molecule has 9 heteroatoms. The number of thioether (sulfide) groups is 1. The van der Waals surface area contributed by atoms with E-state index < -0.39 is 11.8 Å². The Hall–Kier alpha value is -2.94. The van der Waals surface area contributed by atoms with E-state index in [4.69, 9.17) is 9.26 Å². The lowest BCUT2D eigenvalue weighted by atomic mass is 10.1. The third-order valence-corrected chi connectivity index (χ3v) is 5.21. The first-order valence-corrected chi connectivity index (χ1v) is 9.17. The minimum Gasteiger partial charge on any atom is -0.459 e. The van der Waals surface area contributed by atoms with Crippen molar-refractivity contribution in [2.24, 2.45) is 0 Å². The first-order valence-electron chi connectivity index (χ1n) is 8.18. The minimum absolute atomic E-state index is 0.0591.